The minimum atomic E-state index is 0.518. The van der Waals surface area contributed by atoms with E-state index in [1.54, 1.807) is 0 Å². The number of rotatable bonds is 1. The van der Waals surface area contributed by atoms with Crippen LogP contribution in [0.25, 0.3) is 10.9 Å². The van der Waals surface area contributed by atoms with Crippen LogP contribution in [0.5, 0.6) is 0 Å². The van der Waals surface area contributed by atoms with Crippen LogP contribution in [0.1, 0.15) is 25.0 Å². The number of benzene rings is 1. The lowest BCUT2D eigenvalue weighted by molar-refractivity contribution is 0.839. The Bertz CT molecular complexity index is 546. The fraction of sp³-hybridized carbons (Fsp3) is 0.357. The summed E-state index contributed by atoms with van der Waals surface area (Å²) in [5.74, 6) is 1.07. The van der Waals surface area contributed by atoms with E-state index in [0.29, 0.717) is 6.04 Å². The van der Waals surface area contributed by atoms with Crippen molar-refractivity contribution in [2.45, 2.75) is 32.7 Å². The first-order chi connectivity index (χ1) is 7.76. The molecule has 1 aromatic heterocycles. The van der Waals surface area contributed by atoms with Gasteiger partial charge >= 0.3 is 0 Å². The zero-order valence-electron chi connectivity index (χ0n) is 9.75. The van der Waals surface area contributed by atoms with Crippen molar-refractivity contribution in [1.82, 2.24) is 4.98 Å². The molecular weight excluding hydrogens is 196 g/mol. The molecule has 1 unspecified atom stereocenters. The van der Waals surface area contributed by atoms with Crippen LogP contribution in [0.4, 0.5) is 5.82 Å². The molecule has 2 heterocycles. The van der Waals surface area contributed by atoms with Gasteiger partial charge in [-0.25, -0.2) is 4.98 Å². The van der Waals surface area contributed by atoms with Crippen molar-refractivity contribution in [2.75, 3.05) is 5.32 Å². The van der Waals surface area contributed by atoms with Crippen molar-refractivity contribution in [1.29, 1.82) is 0 Å². The van der Waals surface area contributed by atoms with Gasteiger partial charge in [0.2, 0.25) is 0 Å². The normalized spacial score (nSPS) is 18.5. The molecule has 1 N–H and O–H groups in total. The highest BCUT2D eigenvalue weighted by molar-refractivity contribution is 5.83. The highest BCUT2D eigenvalue weighted by Crippen LogP contribution is 2.27. The minimum Gasteiger partial charge on any atom is -0.367 e. The summed E-state index contributed by atoms with van der Waals surface area (Å²) in [7, 11) is 0. The summed E-state index contributed by atoms with van der Waals surface area (Å²) < 4.78 is 0. The van der Waals surface area contributed by atoms with E-state index in [9.17, 15) is 0 Å². The lowest BCUT2D eigenvalue weighted by Crippen LogP contribution is -2.08. The van der Waals surface area contributed by atoms with Crippen LogP contribution < -0.4 is 5.32 Å². The molecule has 82 valence electrons. The summed E-state index contributed by atoms with van der Waals surface area (Å²) in [6.07, 6.45) is 2.18. The SMILES string of the molecule is CCc1ccc2nc3c(cc2c1)CC(C)N3. The van der Waals surface area contributed by atoms with Crippen LogP contribution in [0, 0.1) is 0 Å². The number of pyridine rings is 1. The molecule has 0 spiro atoms. The quantitative estimate of drug-likeness (QED) is 0.785. The maximum Gasteiger partial charge on any atom is 0.130 e. The van der Waals surface area contributed by atoms with Gasteiger partial charge in [-0.15, -0.1) is 0 Å². The van der Waals surface area contributed by atoms with E-state index in [1.165, 1.54) is 16.5 Å². The third kappa shape index (κ3) is 1.45. The van der Waals surface area contributed by atoms with Gasteiger partial charge in [0.05, 0.1) is 5.52 Å². The average molecular weight is 212 g/mol. The van der Waals surface area contributed by atoms with E-state index < -0.39 is 0 Å². The monoisotopic (exact) mass is 212 g/mol. The van der Waals surface area contributed by atoms with Gasteiger partial charge in [0.15, 0.2) is 0 Å². The van der Waals surface area contributed by atoms with Crippen molar-refractivity contribution in [3.05, 3.63) is 35.4 Å². The van der Waals surface area contributed by atoms with Crippen LogP contribution in [0.15, 0.2) is 24.3 Å². The molecule has 1 aliphatic heterocycles. The smallest absolute Gasteiger partial charge is 0.130 e. The Morgan fingerprint density at radius 2 is 2.25 bits per heavy atom. The molecule has 16 heavy (non-hydrogen) atoms. The van der Waals surface area contributed by atoms with E-state index in [-0.39, 0.29) is 0 Å². The summed E-state index contributed by atoms with van der Waals surface area (Å²) in [5.41, 5.74) is 3.83. The maximum absolute atomic E-state index is 4.67. The van der Waals surface area contributed by atoms with Crippen LogP contribution in [0.2, 0.25) is 0 Å². The molecule has 0 aliphatic carbocycles. The number of hydrogen-bond donors (Lipinski definition) is 1. The van der Waals surface area contributed by atoms with E-state index >= 15 is 0 Å². The minimum absolute atomic E-state index is 0.518. The van der Waals surface area contributed by atoms with Crippen LogP contribution in [0.3, 0.4) is 0 Å². The van der Waals surface area contributed by atoms with Gasteiger partial charge < -0.3 is 5.32 Å². The van der Waals surface area contributed by atoms with Crippen LogP contribution >= 0.6 is 0 Å². The van der Waals surface area contributed by atoms with Gasteiger partial charge in [0, 0.05) is 11.4 Å². The number of aryl methyl sites for hydroxylation is 1. The number of nitrogens with one attached hydrogen (secondary N) is 1. The molecule has 0 radical (unpaired) electrons. The number of anilines is 1. The zero-order chi connectivity index (χ0) is 11.1. The third-order valence-corrected chi connectivity index (χ3v) is 3.28. The van der Waals surface area contributed by atoms with Gasteiger partial charge in [-0.3, -0.25) is 0 Å². The lowest BCUT2D eigenvalue weighted by atomic mass is 10.1. The Hall–Kier alpha value is -1.57. The molecule has 1 atom stereocenters. The van der Waals surface area contributed by atoms with Crippen LogP contribution in [-0.2, 0) is 12.8 Å². The van der Waals surface area contributed by atoms with Gasteiger partial charge in [0.25, 0.3) is 0 Å². The molecule has 3 rings (SSSR count). The van der Waals surface area contributed by atoms with Gasteiger partial charge in [-0.1, -0.05) is 13.0 Å². The standard InChI is InChI=1S/C14H16N2/c1-3-10-4-5-13-11(7-10)8-12-6-9(2)15-14(12)16-13/h4-5,7-9H,3,6H2,1-2H3,(H,15,16). The summed E-state index contributed by atoms with van der Waals surface area (Å²) >= 11 is 0. The molecule has 0 saturated heterocycles. The first-order valence-corrected chi connectivity index (χ1v) is 5.95. The van der Waals surface area contributed by atoms with Gasteiger partial charge in [-0.05, 0) is 49.1 Å². The Morgan fingerprint density at radius 3 is 3.06 bits per heavy atom. The number of nitrogens with zero attached hydrogens (tertiary/aromatic N) is 1. The van der Waals surface area contributed by atoms with Crippen LogP contribution in [-0.4, -0.2) is 11.0 Å². The molecule has 2 aromatic rings. The second kappa shape index (κ2) is 3.48. The van der Waals surface area contributed by atoms with Crippen molar-refractivity contribution in [2.24, 2.45) is 0 Å². The summed E-state index contributed by atoms with van der Waals surface area (Å²) in [5, 5.41) is 4.68. The summed E-state index contributed by atoms with van der Waals surface area (Å²) in [6.45, 7) is 4.38. The molecular formula is C14H16N2. The molecule has 0 amide bonds. The molecule has 0 fully saturated rings. The Morgan fingerprint density at radius 1 is 1.38 bits per heavy atom. The molecule has 1 aliphatic rings. The van der Waals surface area contributed by atoms with Gasteiger partial charge in [0.1, 0.15) is 5.82 Å². The van der Waals surface area contributed by atoms with E-state index in [4.69, 9.17) is 0 Å². The first-order valence-electron chi connectivity index (χ1n) is 5.95. The lowest BCUT2D eigenvalue weighted by Gasteiger charge is -2.04. The van der Waals surface area contributed by atoms with Crippen molar-refractivity contribution in [3.8, 4) is 0 Å². The topological polar surface area (TPSA) is 24.9 Å². The largest absolute Gasteiger partial charge is 0.367 e. The van der Waals surface area contributed by atoms with Crippen molar-refractivity contribution in [3.63, 3.8) is 0 Å². The highest BCUT2D eigenvalue weighted by atomic mass is 15.0. The maximum atomic E-state index is 4.67. The number of aromatic nitrogens is 1. The van der Waals surface area contributed by atoms with Gasteiger partial charge in [-0.2, -0.15) is 0 Å². The first kappa shape index (κ1) is 9.64. The fourth-order valence-electron chi connectivity index (χ4n) is 2.38. The summed E-state index contributed by atoms with van der Waals surface area (Å²) in [6, 6.07) is 9.35. The second-order valence-electron chi connectivity index (χ2n) is 4.63. The average Bonchev–Trinajstić information content (AvgIpc) is 2.64. The predicted molar refractivity (Wildman–Crippen MR) is 67.9 cm³/mol. The zero-order valence-corrected chi connectivity index (χ0v) is 9.75. The van der Waals surface area contributed by atoms with Crippen molar-refractivity contribution >= 4 is 16.7 Å². The Labute approximate surface area is 95.7 Å². The number of fused-ring (bicyclic) bond motifs is 2. The van der Waals surface area contributed by atoms with E-state index in [1.807, 2.05) is 0 Å². The molecule has 0 bridgehead atoms. The fourth-order valence-corrected chi connectivity index (χ4v) is 2.38. The predicted octanol–water partition coefficient (Wildman–Crippen LogP) is 3.15. The third-order valence-electron chi connectivity index (χ3n) is 3.28. The Kier molecular flexibility index (Phi) is 2.10. The Balaban J connectivity index is 2.18. The molecule has 0 saturated carbocycles. The molecule has 2 nitrogen and oxygen atoms in total. The molecule has 2 heteroatoms. The van der Waals surface area contributed by atoms with E-state index in [2.05, 4.69) is 48.4 Å². The second-order valence-corrected chi connectivity index (χ2v) is 4.63. The number of hydrogen-bond acceptors (Lipinski definition) is 2. The highest BCUT2D eigenvalue weighted by Gasteiger charge is 2.18. The van der Waals surface area contributed by atoms with E-state index in [0.717, 1.165) is 24.2 Å². The summed E-state index contributed by atoms with van der Waals surface area (Å²) in [4.78, 5) is 4.67. The van der Waals surface area contributed by atoms with Crippen molar-refractivity contribution < 1.29 is 0 Å². The molecule has 1 aromatic carbocycles.